The average Bonchev–Trinajstić information content (AvgIpc) is 2.37. The Hall–Kier alpha value is -1.52. The van der Waals surface area contributed by atoms with Crippen LogP contribution < -0.4 is 11.1 Å². The Balaban J connectivity index is 2.54. The van der Waals surface area contributed by atoms with Gasteiger partial charge in [0.05, 0.1) is 17.1 Å². The molecule has 0 bridgehead atoms. The molecule has 2 amide bonds. The van der Waals surface area contributed by atoms with Crippen LogP contribution in [0.1, 0.15) is 6.92 Å². The van der Waals surface area contributed by atoms with Crippen LogP contribution in [0, 0.1) is 5.82 Å². The fourth-order valence-electron chi connectivity index (χ4n) is 1.85. The molecule has 1 aliphatic rings. The van der Waals surface area contributed by atoms with Crippen molar-refractivity contribution in [3.8, 4) is 0 Å². The van der Waals surface area contributed by atoms with Gasteiger partial charge in [-0.25, -0.2) is 12.8 Å². The van der Waals surface area contributed by atoms with Gasteiger partial charge in [0.2, 0.25) is 21.8 Å². The van der Waals surface area contributed by atoms with E-state index >= 15 is 0 Å². The topological polar surface area (TPSA) is 110 Å². The van der Waals surface area contributed by atoms with Crippen molar-refractivity contribution >= 4 is 43.5 Å². The molecule has 0 radical (unpaired) electrons. The minimum atomic E-state index is -4.19. The number of nitrogens with zero attached hydrogens (tertiary/aromatic N) is 1. The van der Waals surface area contributed by atoms with Gasteiger partial charge in [-0.1, -0.05) is 0 Å². The van der Waals surface area contributed by atoms with Crippen molar-refractivity contribution < 1.29 is 22.4 Å². The number of hydrogen-bond acceptors (Lipinski definition) is 5. The molecule has 1 aromatic carbocycles. The van der Waals surface area contributed by atoms with Gasteiger partial charge >= 0.3 is 0 Å². The number of halogens is 2. The molecule has 1 aromatic rings. The van der Waals surface area contributed by atoms with E-state index in [1.807, 2.05) is 5.32 Å². The average molecular weight is 380 g/mol. The summed E-state index contributed by atoms with van der Waals surface area (Å²) in [4.78, 5) is 22.6. The van der Waals surface area contributed by atoms with E-state index in [-0.39, 0.29) is 15.1 Å². The quantitative estimate of drug-likeness (QED) is 0.563. The van der Waals surface area contributed by atoms with Gasteiger partial charge in [-0.05, 0) is 35.0 Å². The Morgan fingerprint density at radius 1 is 1.43 bits per heavy atom. The maximum absolute atomic E-state index is 13.3. The van der Waals surface area contributed by atoms with Gasteiger partial charge in [0.1, 0.15) is 11.9 Å². The fourth-order valence-corrected chi connectivity index (χ4v) is 4.41. The summed E-state index contributed by atoms with van der Waals surface area (Å²) in [5.74, 6) is -2.23. The van der Waals surface area contributed by atoms with Crippen LogP contribution in [0.4, 0.5) is 10.1 Å². The van der Waals surface area contributed by atoms with Crippen LogP contribution >= 0.6 is 15.9 Å². The molecular weight excluding hydrogens is 369 g/mol. The highest BCUT2D eigenvalue weighted by atomic mass is 79.9. The van der Waals surface area contributed by atoms with Crippen LogP contribution in [0.15, 0.2) is 21.5 Å². The van der Waals surface area contributed by atoms with Gasteiger partial charge < -0.3 is 5.73 Å². The maximum Gasteiger partial charge on any atom is 0.245 e. The predicted octanol–water partition coefficient (Wildman–Crippen LogP) is 0.206. The summed E-state index contributed by atoms with van der Waals surface area (Å²) in [5.41, 5.74) is 5.03. The second-order valence-electron chi connectivity index (χ2n) is 4.44. The van der Waals surface area contributed by atoms with Crippen LogP contribution in [0.3, 0.4) is 0 Å². The maximum atomic E-state index is 13.3. The lowest BCUT2D eigenvalue weighted by atomic mass is 10.2. The number of benzene rings is 1. The number of amides is 2. The molecule has 7 nitrogen and oxygen atoms in total. The molecule has 0 spiro atoms. The second kappa shape index (κ2) is 5.35. The van der Waals surface area contributed by atoms with Crippen molar-refractivity contribution in [3.05, 3.63) is 22.4 Å². The normalized spacial score (nSPS) is 20.4. The number of imide groups is 1. The first-order valence-corrected chi connectivity index (χ1v) is 7.98. The highest BCUT2D eigenvalue weighted by Gasteiger charge is 2.39. The van der Waals surface area contributed by atoms with E-state index in [0.717, 1.165) is 16.4 Å². The first-order chi connectivity index (χ1) is 9.64. The Morgan fingerprint density at radius 2 is 2.05 bits per heavy atom. The third-order valence-electron chi connectivity index (χ3n) is 3.01. The Kier molecular flexibility index (Phi) is 4.04. The molecule has 1 atom stereocenters. The molecular formula is C11H11BrFN3O4S. The lowest BCUT2D eigenvalue weighted by Crippen LogP contribution is -2.58. The van der Waals surface area contributed by atoms with Crippen LogP contribution in [0.2, 0.25) is 0 Å². The van der Waals surface area contributed by atoms with E-state index in [2.05, 4.69) is 15.9 Å². The van der Waals surface area contributed by atoms with Crippen molar-refractivity contribution in [1.82, 2.24) is 9.62 Å². The molecule has 1 fully saturated rings. The summed E-state index contributed by atoms with van der Waals surface area (Å²) < 4.78 is 39.1. The van der Waals surface area contributed by atoms with Crippen LogP contribution in [-0.2, 0) is 19.6 Å². The Labute approximate surface area is 128 Å². The summed E-state index contributed by atoms with van der Waals surface area (Å²) in [6.07, 6.45) is 0. The summed E-state index contributed by atoms with van der Waals surface area (Å²) >= 11 is 2.95. The molecule has 21 heavy (non-hydrogen) atoms. The molecule has 10 heteroatoms. The minimum absolute atomic E-state index is 0.0418. The van der Waals surface area contributed by atoms with E-state index < -0.39 is 40.2 Å². The molecule has 1 unspecified atom stereocenters. The van der Waals surface area contributed by atoms with E-state index in [0.29, 0.717) is 0 Å². The highest BCUT2D eigenvalue weighted by molar-refractivity contribution is 9.10. The van der Waals surface area contributed by atoms with Crippen LogP contribution in [-0.4, -0.2) is 37.1 Å². The molecule has 0 aromatic heterocycles. The third-order valence-corrected chi connectivity index (χ3v) is 5.89. The molecule has 1 aliphatic heterocycles. The monoisotopic (exact) mass is 379 g/mol. The van der Waals surface area contributed by atoms with Crippen molar-refractivity contribution in [1.29, 1.82) is 0 Å². The molecule has 2 rings (SSSR count). The molecule has 1 heterocycles. The van der Waals surface area contributed by atoms with Crippen LogP contribution in [0.5, 0.6) is 0 Å². The number of anilines is 1. The lowest BCUT2D eigenvalue weighted by Gasteiger charge is -2.30. The number of carbonyl (C=O) groups excluding carboxylic acids is 2. The van der Waals surface area contributed by atoms with Gasteiger partial charge in [-0.3, -0.25) is 14.9 Å². The summed E-state index contributed by atoms with van der Waals surface area (Å²) in [6, 6.07) is 0.794. The Morgan fingerprint density at radius 3 is 2.67 bits per heavy atom. The number of nitrogen functional groups attached to an aromatic ring is 1. The van der Waals surface area contributed by atoms with Crippen molar-refractivity contribution in [2.45, 2.75) is 17.9 Å². The van der Waals surface area contributed by atoms with Gasteiger partial charge in [0.25, 0.3) is 0 Å². The number of carbonyl (C=O) groups is 2. The van der Waals surface area contributed by atoms with E-state index in [9.17, 15) is 22.4 Å². The van der Waals surface area contributed by atoms with Gasteiger partial charge in [0, 0.05) is 4.47 Å². The predicted molar refractivity (Wildman–Crippen MR) is 75.0 cm³/mol. The zero-order valence-corrected chi connectivity index (χ0v) is 13.2. The molecule has 0 aliphatic carbocycles. The van der Waals surface area contributed by atoms with E-state index in [1.165, 1.54) is 6.92 Å². The summed E-state index contributed by atoms with van der Waals surface area (Å²) in [6.45, 7) is 0.846. The number of nitrogens with one attached hydrogen (secondary N) is 1. The zero-order chi connectivity index (χ0) is 15.9. The molecule has 3 N–H and O–H groups in total. The fraction of sp³-hybridized carbons (Fsp3) is 0.273. The number of sulfonamides is 1. The Bertz CT molecular complexity index is 737. The van der Waals surface area contributed by atoms with Crippen LogP contribution in [0.25, 0.3) is 0 Å². The summed E-state index contributed by atoms with van der Waals surface area (Å²) in [5, 5.41) is 2.04. The molecule has 1 saturated heterocycles. The van der Waals surface area contributed by atoms with E-state index in [4.69, 9.17) is 5.73 Å². The van der Waals surface area contributed by atoms with Crippen molar-refractivity contribution in [3.63, 3.8) is 0 Å². The number of hydrogen-bond donors (Lipinski definition) is 2. The highest BCUT2D eigenvalue weighted by Crippen LogP contribution is 2.30. The number of rotatable bonds is 2. The minimum Gasteiger partial charge on any atom is -0.396 e. The molecule has 0 saturated carbocycles. The van der Waals surface area contributed by atoms with E-state index in [1.54, 1.807) is 0 Å². The smallest absolute Gasteiger partial charge is 0.245 e. The zero-order valence-electron chi connectivity index (χ0n) is 10.8. The standard InChI is InChI=1S/C11H11BrFN3O4S/c1-5-11(18)15-10(17)4-16(5)21(19,20)9-3-8(14)7(13)2-6(9)12/h2-3,5H,4,14H2,1H3,(H,15,17,18). The second-order valence-corrected chi connectivity index (χ2v) is 7.16. The number of nitrogens with two attached hydrogens (primary N) is 1. The van der Waals surface area contributed by atoms with Crippen molar-refractivity contribution in [2.75, 3.05) is 12.3 Å². The van der Waals surface area contributed by atoms with Gasteiger partial charge in [-0.2, -0.15) is 4.31 Å². The largest absolute Gasteiger partial charge is 0.396 e. The number of piperazine rings is 1. The van der Waals surface area contributed by atoms with Gasteiger partial charge in [-0.15, -0.1) is 0 Å². The summed E-state index contributed by atoms with van der Waals surface area (Å²) in [7, 11) is -4.19. The lowest BCUT2D eigenvalue weighted by molar-refractivity contribution is -0.136. The van der Waals surface area contributed by atoms with Crippen molar-refractivity contribution in [2.24, 2.45) is 0 Å². The molecule has 114 valence electrons. The first-order valence-electron chi connectivity index (χ1n) is 5.74. The first kappa shape index (κ1) is 15.9. The van der Waals surface area contributed by atoms with Gasteiger partial charge in [0.15, 0.2) is 0 Å². The SMILES string of the molecule is CC1C(=O)NC(=O)CN1S(=O)(=O)c1cc(N)c(F)cc1Br. The third kappa shape index (κ3) is 2.78.